The largest absolute Gasteiger partial charge is 0.334 e. The molecule has 5 nitrogen and oxygen atoms in total. The van der Waals surface area contributed by atoms with Gasteiger partial charge in [-0.1, -0.05) is 6.42 Å². The minimum Gasteiger partial charge on any atom is -0.334 e. The Labute approximate surface area is 133 Å². The molecule has 22 heavy (non-hydrogen) atoms. The van der Waals surface area contributed by atoms with Crippen LogP contribution in [0.15, 0.2) is 6.07 Å². The number of nitrogens with one attached hydrogen (secondary N) is 1. The number of carbonyl (C=O) groups excluding carboxylic acids is 1. The van der Waals surface area contributed by atoms with Gasteiger partial charge in [0, 0.05) is 24.3 Å². The molecule has 2 aliphatic rings. The number of amides is 2. The molecule has 0 spiro atoms. The number of rotatable bonds is 3. The standard InChI is InChI=1S/C17H28N4O/c1-12-10-14(3)21(19-12)11-13(2)18-17(22)20-9-5-7-15-6-4-8-16(15)20/h10,13,15-16H,4-9,11H2,1-3H3,(H,18,22)/t13-,15+,16+/m0/s1. The van der Waals surface area contributed by atoms with Gasteiger partial charge >= 0.3 is 6.03 Å². The fourth-order valence-electron chi connectivity index (χ4n) is 4.16. The van der Waals surface area contributed by atoms with Crippen molar-refractivity contribution in [3.05, 3.63) is 17.5 Å². The van der Waals surface area contributed by atoms with E-state index in [1.807, 2.05) is 11.6 Å². The third kappa shape index (κ3) is 3.13. The van der Waals surface area contributed by atoms with Crippen molar-refractivity contribution in [2.75, 3.05) is 6.54 Å². The third-order valence-electron chi connectivity index (χ3n) is 5.17. The average Bonchev–Trinajstić information content (AvgIpc) is 3.05. The number of fused-ring (bicyclic) bond motifs is 1. The van der Waals surface area contributed by atoms with Crippen LogP contribution in [0.1, 0.15) is 50.4 Å². The van der Waals surface area contributed by atoms with E-state index in [-0.39, 0.29) is 12.1 Å². The zero-order valence-electron chi connectivity index (χ0n) is 14.0. The van der Waals surface area contributed by atoms with Crippen LogP contribution in [0.3, 0.4) is 0 Å². The highest BCUT2D eigenvalue weighted by Crippen LogP contribution is 2.36. The number of aryl methyl sites for hydroxylation is 2. The van der Waals surface area contributed by atoms with E-state index in [1.165, 1.54) is 25.7 Å². The summed E-state index contributed by atoms with van der Waals surface area (Å²) < 4.78 is 1.98. The van der Waals surface area contributed by atoms with Crippen LogP contribution in [-0.2, 0) is 6.54 Å². The normalized spacial score (nSPS) is 25.9. The molecule has 0 bridgehead atoms. The first-order chi connectivity index (χ1) is 10.5. The molecule has 0 radical (unpaired) electrons. The van der Waals surface area contributed by atoms with E-state index in [0.717, 1.165) is 36.8 Å². The smallest absolute Gasteiger partial charge is 0.317 e. The lowest BCUT2D eigenvalue weighted by atomic mass is 9.92. The molecule has 2 amide bonds. The van der Waals surface area contributed by atoms with Crippen LogP contribution in [0.2, 0.25) is 0 Å². The van der Waals surface area contributed by atoms with Crippen molar-refractivity contribution in [2.45, 2.75) is 71.5 Å². The highest BCUT2D eigenvalue weighted by Gasteiger charge is 2.37. The summed E-state index contributed by atoms with van der Waals surface area (Å²) in [6.07, 6.45) is 6.22. The number of urea groups is 1. The lowest BCUT2D eigenvalue weighted by Gasteiger charge is -2.38. The molecule has 0 aromatic carbocycles. The molecule has 5 heteroatoms. The summed E-state index contributed by atoms with van der Waals surface area (Å²) in [6.45, 7) is 7.76. The van der Waals surface area contributed by atoms with E-state index in [9.17, 15) is 4.79 Å². The number of nitrogens with zero attached hydrogens (tertiary/aromatic N) is 3. The third-order valence-corrected chi connectivity index (χ3v) is 5.17. The van der Waals surface area contributed by atoms with Crippen LogP contribution in [0.25, 0.3) is 0 Å². The number of hydrogen-bond donors (Lipinski definition) is 1. The van der Waals surface area contributed by atoms with E-state index in [0.29, 0.717) is 6.04 Å². The first kappa shape index (κ1) is 15.4. The van der Waals surface area contributed by atoms with Gasteiger partial charge in [0.05, 0.1) is 12.2 Å². The molecule has 1 saturated carbocycles. The number of aromatic nitrogens is 2. The Morgan fingerprint density at radius 1 is 1.36 bits per heavy atom. The van der Waals surface area contributed by atoms with Gasteiger partial charge in [-0.2, -0.15) is 5.10 Å². The lowest BCUT2D eigenvalue weighted by Crippen LogP contribution is -2.52. The Hall–Kier alpha value is -1.52. The Kier molecular flexibility index (Phi) is 4.41. The second-order valence-electron chi connectivity index (χ2n) is 7.05. The topological polar surface area (TPSA) is 50.2 Å². The van der Waals surface area contributed by atoms with Crippen molar-refractivity contribution in [2.24, 2.45) is 5.92 Å². The molecule has 1 aliphatic heterocycles. The monoisotopic (exact) mass is 304 g/mol. The molecule has 3 rings (SSSR count). The summed E-state index contributed by atoms with van der Waals surface area (Å²) in [7, 11) is 0. The number of likely N-dealkylation sites (tertiary alicyclic amines) is 1. The number of hydrogen-bond acceptors (Lipinski definition) is 2. The first-order valence-corrected chi connectivity index (χ1v) is 8.63. The Morgan fingerprint density at radius 3 is 2.86 bits per heavy atom. The summed E-state index contributed by atoms with van der Waals surface area (Å²) in [6, 6.07) is 2.76. The van der Waals surface area contributed by atoms with Crippen molar-refractivity contribution >= 4 is 6.03 Å². The van der Waals surface area contributed by atoms with Gasteiger partial charge in [0.2, 0.25) is 0 Å². The van der Waals surface area contributed by atoms with Gasteiger partial charge in [-0.15, -0.1) is 0 Å². The number of piperidine rings is 1. The molecule has 0 unspecified atom stereocenters. The highest BCUT2D eigenvalue weighted by molar-refractivity contribution is 5.75. The van der Waals surface area contributed by atoms with Crippen LogP contribution in [0.4, 0.5) is 4.79 Å². The summed E-state index contributed by atoms with van der Waals surface area (Å²) in [4.78, 5) is 14.7. The maximum atomic E-state index is 12.6. The molecule has 2 fully saturated rings. The summed E-state index contributed by atoms with van der Waals surface area (Å²) >= 11 is 0. The van der Waals surface area contributed by atoms with Gasteiger partial charge in [-0.25, -0.2) is 4.79 Å². The first-order valence-electron chi connectivity index (χ1n) is 8.63. The molecular formula is C17H28N4O. The van der Waals surface area contributed by atoms with Crippen LogP contribution >= 0.6 is 0 Å². The van der Waals surface area contributed by atoms with E-state index in [2.05, 4.69) is 35.2 Å². The summed E-state index contributed by atoms with van der Waals surface area (Å²) in [5.41, 5.74) is 2.17. The van der Waals surface area contributed by atoms with Crippen molar-refractivity contribution < 1.29 is 4.79 Å². The van der Waals surface area contributed by atoms with Gasteiger partial charge in [0.15, 0.2) is 0 Å². The van der Waals surface area contributed by atoms with E-state index in [4.69, 9.17) is 0 Å². The van der Waals surface area contributed by atoms with Gasteiger partial charge in [0.1, 0.15) is 0 Å². The molecule has 1 aliphatic carbocycles. The fourth-order valence-corrected chi connectivity index (χ4v) is 4.16. The predicted octanol–water partition coefficient (Wildman–Crippen LogP) is 2.86. The quantitative estimate of drug-likeness (QED) is 0.933. The maximum absolute atomic E-state index is 12.6. The summed E-state index contributed by atoms with van der Waals surface area (Å²) in [5.74, 6) is 0.741. The van der Waals surface area contributed by atoms with Gasteiger partial charge < -0.3 is 10.2 Å². The zero-order valence-corrected chi connectivity index (χ0v) is 14.0. The summed E-state index contributed by atoms with van der Waals surface area (Å²) in [5, 5.41) is 7.65. The van der Waals surface area contributed by atoms with E-state index >= 15 is 0 Å². The zero-order chi connectivity index (χ0) is 15.7. The minimum atomic E-state index is 0.0901. The predicted molar refractivity (Wildman–Crippen MR) is 86.8 cm³/mol. The van der Waals surface area contributed by atoms with E-state index < -0.39 is 0 Å². The van der Waals surface area contributed by atoms with Crippen molar-refractivity contribution in [3.63, 3.8) is 0 Å². The Bertz CT molecular complexity index is 539. The highest BCUT2D eigenvalue weighted by atomic mass is 16.2. The molecule has 1 saturated heterocycles. The van der Waals surface area contributed by atoms with Crippen molar-refractivity contribution in [3.8, 4) is 0 Å². The Morgan fingerprint density at radius 2 is 2.14 bits per heavy atom. The molecule has 3 atom stereocenters. The molecular weight excluding hydrogens is 276 g/mol. The molecule has 1 aromatic rings. The second kappa shape index (κ2) is 6.31. The lowest BCUT2D eigenvalue weighted by molar-refractivity contribution is 0.125. The van der Waals surface area contributed by atoms with Crippen LogP contribution in [0, 0.1) is 19.8 Å². The fraction of sp³-hybridized carbons (Fsp3) is 0.765. The SMILES string of the molecule is Cc1cc(C)n(C[C@H](C)NC(=O)N2CCC[C@H]3CCC[C@H]32)n1. The van der Waals surface area contributed by atoms with E-state index in [1.54, 1.807) is 0 Å². The minimum absolute atomic E-state index is 0.0901. The van der Waals surface area contributed by atoms with Crippen molar-refractivity contribution in [1.29, 1.82) is 0 Å². The molecule has 1 N–H and O–H groups in total. The van der Waals surface area contributed by atoms with Crippen molar-refractivity contribution in [1.82, 2.24) is 20.0 Å². The van der Waals surface area contributed by atoms with Crippen LogP contribution in [0.5, 0.6) is 0 Å². The van der Waals surface area contributed by atoms with Crippen LogP contribution in [-0.4, -0.2) is 39.3 Å². The van der Waals surface area contributed by atoms with Gasteiger partial charge in [0.25, 0.3) is 0 Å². The van der Waals surface area contributed by atoms with Gasteiger partial charge in [-0.05, 0) is 58.4 Å². The number of carbonyl (C=O) groups is 1. The molecule has 1 aromatic heterocycles. The molecule has 2 heterocycles. The maximum Gasteiger partial charge on any atom is 0.317 e. The van der Waals surface area contributed by atoms with Crippen LogP contribution < -0.4 is 5.32 Å². The molecule has 122 valence electrons. The average molecular weight is 304 g/mol. The van der Waals surface area contributed by atoms with Gasteiger partial charge in [-0.3, -0.25) is 4.68 Å². The Balaban J connectivity index is 1.57. The second-order valence-corrected chi connectivity index (χ2v) is 7.05.